The number of rotatable bonds is 3. The van der Waals surface area contributed by atoms with Crippen LogP contribution < -0.4 is 5.32 Å². The van der Waals surface area contributed by atoms with Crippen molar-refractivity contribution in [3.63, 3.8) is 0 Å². The molecular formula is C18H30N2S. The van der Waals surface area contributed by atoms with Crippen molar-refractivity contribution in [3.8, 4) is 0 Å². The molecule has 2 heterocycles. The first-order valence-electron chi connectivity index (χ1n) is 8.73. The molecular weight excluding hydrogens is 276 g/mol. The van der Waals surface area contributed by atoms with Crippen molar-refractivity contribution in [1.82, 2.24) is 10.2 Å². The molecule has 1 atom stereocenters. The summed E-state index contributed by atoms with van der Waals surface area (Å²) in [7, 11) is 0. The van der Waals surface area contributed by atoms with Crippen LogP contribution in [0.2, 0.25) is 0 Å². The molecule has 0 amide bonds. The molecule has 1 aliphatic heterocycles. The highest BCUT2D eigenvalue weighted by Crippen LogP contribution is 2.37. The number of nitrogens with zero attached hydrogens (tertiary/aromatic N) is 1. The van der Waals surface area contributed by atoms with E-state index in [4.69, 9.17) is 0 Å². The molecule has 2 fully saturated rings. The molecule has 2 nitrogen and oxygen atoms in total. The molecule has 1 N–H and O–H groups in total. The summed E-state index contributed by atoms with van der Waals surface area (Å²) < 4.78 is 0. The Hall–Kier alpha value is -0.380. The van der Waals surface area contributed by atoms with Crippen molar-refractivity contribution in [3.05, 3.63) is 22.4 Å². The highest BCUT2D eigenvalue weighted by Gasteiger charge is 2.37. The van der Waals surface area contributed by atoms with E-state index in [2.05, 4.69) is 41.6 Å². The molecule has 0 radical (unpaired) electrons. The fourth-order valence-electron chi connectivity index (χ4n) is 4.35. The predicted octanol–water partition coefficient (Wildman–Crippen LogP) is 4.44. The van der Waals surface area contributed by atoms with Crippen LogP contribution in [0.5, 0.6) is 0 Å². The van der Waals surface area contributed by atoms with Gasteiger partial charge in [-0.3, -0.25) is 4.90 Å². The monoisotopic (exact) mass is 306 g/mol. The summed E-state index contributed by atoms with van der Waals surface area (Å²) in [5, 5.41) is 6.16. The van der Waals surface area contributed by atoms with Crippen LogP contribution in [0.4, 0.5) is 0 Å². The van der Waals surface area contributed by atoms with Crippen LogP contribution in [0, 0.1) is 5.92 Å². The van der Waals surface area contributed by atoms with E-state index in [0.29, 0.717) is 17.5 Å². The van der Waals surface area contributed by atoms with Gasteiger partial charge in [-0.15, -0.1) is 11.3 Å². The van der Waals surface area contributed by atoms with Crippen LogP contribution in [0.15, 0.2) is 17.5 Å². The van der Waals surface area contributed by atoms with Gasteiger partial charge in [0.1, 0.15) is 0 Å². The SMILES string of the molecule is CC(C)C(c1cccs1)N1CCCNC2(CCCCC2)C1. The maximum absolute atomic E-state index is 3.93. The normalized spacial score (nSPS) is 25.1. The van der Waals surface area contributed by atoms with Gasteiger partial charge < -0.3 is 5.32 Å². The van der Waals surface area contributed by atoms with E-state index in [1.54, 1.807) is 4.88 Å². The Morgan fingerprint density at radius 3 is 2.67 bits per heavy atom. The topological polar surface area (TPSA) is 15.3 Å². The Morgan fingerprint density at radius 1 is 1.19 bits per heavy atom. The number of nitrogens with one attached hydrogen (secondary N) is 1. The lowest BCUT2D eigenvalue weighted by Gasteiger charge is -2.43. The van der Waals surface area contributed by atoms with Gasteiger partial charge in [0.25, 0.3) is 0 Å². The maximum Gasteiger partial charge on any atom is 0.0465 e. The Balaban J connectivity index is 1.81. The Labute approximate surface area is 133 Å². The summed E-state index contributed by atoms with van der Waals surface area (Å²) in [4.78, 5) is 4.35. The van der Waals surface area contributed by atoms with Crippen LogP contribution >= 0.6 is 11.3 Å². The van der Waals surface area contributed by atoms with Crippen LogP contribution in [0.1, 0.15) is 63.3 Å². The maximum atomic E-state index is 3.93. The summed E-state index contributed by atoms with van der Waals surface area (Å²) in [6.45, 7) is 8.46. The largest absolute Gasteiger partial charge is 0.310 e. The molecule has 1 spiro atoms. The second-order valence-electron chi connectivity index (χ2n) is 7.30. The van der Waals surface area contributed by atoms with Crippen LogP contribution in [0.3, 0.4) is 0 Å². The summed E-state index contributed by atoms with van der Waals surface area (Å²) in [5.74, 6) is 0.683. The van der Waals surface area contributed by atoms with Crippen LogP contribution in [-0.4, -0.2) is 30.1 Å². The first-order valence-corrected chi connectivity index (χ1v) is 9.61. The summed E-state index contributed by atoms with van der Waals surface area (Å²) in [6, 6.07) is 5.15. The van der Waals surface area contributed by atoms with Crippen molar-refractivity contribution in [2.24, 2.45) is 5.92 Å². The number of hydrogen-bond donors (Lipinski definition) is 1. The summed E-state index contributed by atoms with van der Waals surface area (Å²) in [6.07, 6.45) is 8.29. The highest BCUT2D eigenvalue weighted by molar-refractivity contribution is 7.10. The van der Waals surface area contributed by atoms with Gasteiger partial charge >= 0.3 is 0 Å². The first-order chi connectivity index (χ1) is 10.2. The summed E-state index contributed by atoms with van der Waals surface area (Å²) >= 11 is 1.93. The van der Waals surface area contributed by atoms with Crippen LogP contribution in [-0.2, 0) is 0 Å². The molecule has 1 saturated carbocycles. The highest BCUT2D eigenvalue weighted by atomic mass is 32.1. The predicted molar refractivity (Wildman–Crippen MR) is 91.9 cm³/mol. The van der Waals surface area contributed by atoms with Gasteiger partial charge in [-0.05, 0) is 43.2 Å². The average molecular weight is 307 g/mol. The molecule has 1 aromatic rings. The van der Waals surface area contributed by atoms with E-state index >= 15 is 0 Å². The van der Waals surface area contributed by atoms with E-state index in [0.717, 1.165) is 0 Å². The second kappa shape index (κ2) is 6.80. The van der Waals surface area contributed by atoms with Crippen molar-refractivity contribution < 1.29 is 0 Å². The minimum Gasteiger partial charge on any atom is -0.310 e. The van der Waals surface area contributed by atoms with E-state index in [1.807, 2.05) is 11.3 Å². The molecule has 1 aromatic heterocycles. The molecule has 1 unspecified atom stereocenters. The zero-order chi connectivity index (χ0) is 14.7. The molecule has 3 heteroatoms. The number of hydrogen-bond acceptors (Lipinski definition) is 3. The zero-order valence-electron chi connectivity index (χ0n) is 13.6. The Morgan fingerprint density at radius 2 is 2.00 bits per heavy atom. The fraction of sp³-hybridized carbons (Fsp3) is 0.778. The Kier molecular flexibility index (Phi) is 5.03. The Bertz CT molecular complexity index is 420. The van der Waals surface area contributed by atoms with Gasteiger partial charge in [-0.25, -0.2) is 0 Å². The summed E-state index contributed by atoms with van der Waals surface area (Å²) in [5.41, 5.74) is 0.402. The van der Waals surface area contributed by atoms with E-state index in [9.17, 15) is 0 Å². The third-order valence-electron chi connectivity index (χ3n) is 5.30. The molecule has 21 heavy (non-hydrogen) atoms. The van der Waals surface area contributed by atoms with E-state index in [-0.39, 0.29) is 0 Å². The zero-order valence-corrected chi connectivity index (χ0v) is 14.4. The average Bonchev–Trinajstić information content (AvgIpc) is 2.91. The van der Waals surface area contributed by atoms with Crippen molar-refractivity contribution in [2.45, 2.75) is 64.0 Å². The second-order valence-corrected chi connectivity index (χ2v) is 8.28. The third kappa shape index (κ3) is 3.52. The smallest absolute Gasteiger partial charge is 0.0465 e. The third-order valence-corrected chi connectivity index (χ3v) is 6.24. The molecule has 118 valence electrons. The van der Waals surface area contributed by atoms with Crippen molar-refractivity contribution in [1.29, 1.82) is 0 Å². The molecule has 1 saturated heterocycles. The van der Waals surface area contributed by atoms with E-state index < -0.39 is 0 Å². The van der Waals surface area contributed by atoms with Crippen LogP contribution in [0.25, 0.3) is 0 Å². The van der Waals surface area contributed by atoms with Gasteiger partial charge in [-0.1, -0.05) is 39.2 Å². The van der Waals surface area contributed by atoms with E-state index in [1.165, 1.54) is 58.2 Å². The lowest BCUT2D eigenvalue weighted by atomic mass is 9.81. The molecule has 0 aromatic carbocycles. The molecule has 3 rings (SSSR count). The molecule has 1 aliphatic carbocycles. The lowest BCUT2D eigenvalue weighted by Crippen LogP contribution is -2.53. The quantitative estimate of drug-likeness (QED) is 0.888. The lowest BCUT2D eigenvalue weighted by molar-refractivity contribution is 0.106. The number of thiophene rings is 1. The molecule has 2 aliphatic rings. The van der Waals surface area contributed by atoms with Gasteiger partial charge in [0.05, 0.1) is 0 Å². The standard InChI is InChI=1S/C18H30N2S/c1-15(2)17(16-8-6-13-21-16)20-12-7-11-19-18(14-20)9-4-3-5-10-18/h6,8,13,15,17,19H,3-5,7,9-12,14H2,1-2H3. The van der Waals surface area contributed by atoms with Gasteiger partial charge in [-0.2, -0.15) is 0 Å². The van der Waals surface area contributed by atoms with Gasteiger partial charge in [0, 0.05) is 29.5 Å². The molecule has 0 bridgehead atoms. The van der Waals surface area contributed by atoms with Gasteiger partial charge in [0.2, 0.25) is 0 Å². The fourth-order valence-corrected chi connectivity index (χ4v) is 5.38. The first kappa shape index (κ1) is 15.5. The minimum absolute atomic E-state index is 0.402. The van der Waals surface area contributed by atoms with Crippen molar-refractivity contribution in [2.75, 3.05) is 19.6 Å². The van der Waals surface area contributed by atoms with Gasteiger partial charge in [0.15, 0.2) is 0 Å². The van der Waals surface area contributed by atoms with Crippen molar-refractivity contribution >= 4 is 11.3 Å². The minimum atomic E-state index is 0.402.